The van der Waals surface area contributed by atoms with Crippen molar-refractivity contribution in [3.63, 3.8) is 0 Å². The molecular weight excluding hydrogens is 373 g/mol. The monoisotopic (exact) mass is 399 g/mol. The van der Waals surface area contributed by atoms with Crippen LogP contribution in [0, 0.1) is 11.8 Å². The van der Waals surface area contributed by atoms with Gasteiger partial charge in [0.05, 0.1) is 18.4 Å². The van der Waals surface area contributed by atoms with Crippen molar-refractivity contribution in [2.24, 2.45) is 11.8 Å². The largest absolute Gasteiger partial charge is 0.323 e. The second kappa shape index (κ2) is 11.2. The van der Waals surface area contributed by atoms with E-state index in [1.54, 1.807) is 18.6 Å². The van der Waals surface area contributed by atoms with E-state index in [0.29, 0.717) is 24.8 Å². The fourth-order valence-electron chi connectivity index (χ4n) is 3.23. The minimum atomic E-state index is 0. The summed E-state index contributed by atoms with van der Waals surface area (Å²) < 4.78 is 1.82. The summed E-state index contributed by atoms with van der Waals surface area (Å²) in [5.41, 5.74) is 1.88. The first kappa shape index (κ1) is 22.4. The summed E-state index contributed by atoms with van der Waals surface area (Å²) in [6, 6.07) is 3.92. The Morgan fingerprint density at radius 2 is 2.15 bits per heavy atom. The molecule has 0 spiro atoms. The van der Waals surface area contributed by atoms with Crippen molar-refractivity contribution in [3.05, 3.63) is 42.5 Å². The van der Waals surface area contributed by atoms with E-state index in [-0.39, 0.29) is 30.7 Å². The zero-order chi connectivity index (χ0) is 16.8. The van der Waals surface area contributed by atoms with Crippen molar-refractivity contribution in [2.45, 2.75) is 32.7 Å². The molecule has 0 bridgehead atoms. The van der Waals surface area contributed by atoms with Crippen LogP contribution in [0.5, 0.6) is 0 Å². The average Bonchev–Trinajstić information content (AvgIpc) is 3.03. The predicted molar refractivity (Wildman–Crippen MR) is 108 cm³/mol. The van der Waals surface area contributed by atoms with Crippen LogP contribution >= 0.6 is 24.8 Å². The highest BCUT2D eigenvalue weighted by molar-refractivity contribution is 5.90. The average molecular weight is 400 g/mol. The van der Waals surface area contributed by atoms with Crippen LogP contribution in [0.15, 0.2) is 36.9 Å². The smallest absolute Gasteiger partial charge is 0.224 e. The highest BCUT2D eigenvalue weighted by Gasteiger charge is 2.22. The molecule has 1 saturated heterocycles. The maximum absolute atomic E-state index is 12.3. The molecule has 6 nitrogen and oxygen atoms in total. The van der Waals surface area contributed by atoms with Crippen molar-refractivity contribution in [3.8, 4) is 0 Å². The van der Waals surface area contributed by atoms with Gasteiger partial charge < -0.3 is 10.6 Å². The zero-order valence-electron chi connectivity index (χ0n) is 14.9. The summed E-state index contributed by atoms with van der Waals surface area (Å²) in [6.45, 7) is 4.97. The summed E-state index contributed by atoms with van der Waals surface area (Å²) in [6.07, 6.45) is 10.1. The van der Waals surface area contributed by atoms with E-state index in [9.17, 15) is 4.79 Å². The van der Waals surface area contributed by atoms with Gasteiger partial charge in [0.2, 0.25) is 5.91 Å². The molecule has 2 aromatic heterocycles. The van der Waals surface area contributed by atoms with Gasteiger partial charge in [-0.1, -0.05) is 6.92 Å². The van der Waals surface area contributed by atoms with Crippen LogP contribution in [0.25, 0.3) is 0 Å². The minimum Gasteiger partial charge on any atom is -0.323 e. The van der Waals surface area contributed by atoms with Crippen molar-refractivity contribution in [1.82, 2.24) is 20.1 Å². The lowest BCUT2D eigenvalue weighted by molar-refractivity contribution is -0.117. The lowest BCUT2D eigenvalue weighted by Crippen LogP contribution is -2.34. The van der Waals surface area contributed by atoms with Crippen LogP contribution in [0.4, 0.5) is 5.69 Å². The summed E-state index contributed by atoms with van der Waals surface area (Å²) in [7, 11) is 0. The molecule has 2 atom stereocenters. The Hall–Kier alpha value is -1.63. The number of halogens is 2. The summed E-state index contributed by atoms with van der Waals surface area (Å²) in [4.78, 5) is 16.3. The van der Waals surface area contributed by atoms with Gasteiger partial charge in [-0.25, -0.2) is 0 Å². The van der Waals surface area contributed by atoms with E-state index in [4.69, 9.17) is 0 Å². The Balaban J connectivity index is 0.00000169. The number of hydrogen-bond acceptors (Lipinski definition) is 4. The lowest BCUT2D eigenvalue weighted by Gasteiger charge is -2.27. The highest BCUT2D eigenvalue weighted by atomic mass is 35.5. The predicted octanol–water partition coefficient (Wildman–Crippen LogP) is 3.13. The number of pyridine rings is 1. The molecule has 1 aliphatic heterocycles. The summed E-state index contributed by atoms with van der Waals surface area (Å²) >= 11 is 0. The van der Waals surface area contributed by atoms with E-state index in [2.05, 4.69) is 27.6 Å². The summed E-state index contributed by atoms with van der Waals surface area (Å²) in [5.74, 6) is 1.06. The molecular formula is C18H27Cl2N5O. The molecule has 3 rings (SSSR count). The van der Waals surface area contributed by atoms with E-state index in [1.807, 2.05) is 23.0 Å². The molecule has 0 aliphatic carbocycles. The maximum atomic E-state index is 12.3. The number of nitrogens with one attached hydrogen (secondary N) is 2. The minimum absolute atomic E-state index is 0. The zero-order valence-corrected chi connectivity index (χ0v) is 16.6. The number of nitrogens with zero attached hydrogens (tertiary/aromatic N) is 3. The molecule has 8 heteroatoms. The number of hydrogen-bond donors (Lipinski definition) is 2. The number of rotatable bonds is 6. The van der Waals surface area contributed by atoms with E-state index >= 15 is 0 Å². The molecule has 3 heterocycles. The second-order valence-corrected chi connectivity index (χ2v) is 6.62. The van der Waals surface area contributed by atoms with Gasteiger partial charge in [-0.05, 0) is 55.5 Å². The first-order chi connectivity index (χ1) is 11.7. The lowest BCUT2D eigenvalue weighted by atomic mass is 9.85. The second-order valence-electron chi connectivity index (χ2n) is 6.62. The molecule has 2 unspecified atom stereocenters. The van der Waals surface area contributed by atoms with Crippen molar-refractivity contribution in [2.75, 3.05) is 18.4 Å². The number of anilines is 1. The molecule has 2 N–H and O–H groups in total. The molecule has 0 radical (unpaired) electrons. The normalized spacial score (nSPS) is 17.5. The Morgan fingerprint density at radius 1 is 1.38 bits per heavy atom. The molecule has 1 aliphatic rings. The van der Waals surface area contributed by atoms with Gasteiger partial charge in [-0.15, -0.1) is 24.8 Å². The fourth-order valence-corrected chi connectivity index (χ4v) is 3.23. The molecule has 1 fully saturated rings. The Labute approximate surface area is 167 Å². The van der Waals surface area contributed by atoms with Gasteiger partial charge >= 0.3 is 0 Å². The van der Waals surface area contributed by atoms with Gasteiger partial charge in [-0.3, -0.25) is 14.5 Å². The third-order valence-corrected chi connectivity index (χ3v) is 4.66. The van der Waals surface area contributed by atoms with Crippen LogP contribution in [-0.2, 0) is 11.3 Å². The van der Waals surface area contributed by atoms with Crippen LogP contribution < -0.4 is 10.6 Å². The van der Waals surface area contributed by atoms with Crippen molar-refractivity contribution >= 4 is 36.4 Å². The Kier molecular flexibility index (Phi) is 9.62. The van der Waals surface area contributed by atoms with Crippen LogP contribution in [0.1, 0.15) is 31.7 Å². The molecule has 2 aromatic rings. The number of aromatic nitrogens is 3. The number of amides is 1. The SMILES string of the molecule is CC(CC(=O)Nc1cnn(Cc2ccncc2)c1)C1CCCNC1.Cl.Cl. The first-order valence-electron chi connectivity index (χ1n) is 8.62. The highest BCUT2D eigenvalue weighted by Crippen LogP contribution is 2.23. The number of carbonyl (C=O) groups excluding carboxylic acids is 1. The molecule has 144 valence electrons. The van der Waals surface area contributed by atoms with Crippen LogP contribution in [-0.4, -0.2) is 33.8 Å². The number of carbonyl (C=O) groups is 1. The number of piperidine rings is 1. The van der Waals surface area contributed by atoms with Gasteiger partial charge in [0.25, 0.3) is 0 Å². The van der Waals surface area contributed by atoms with Crippen LogP contribution in [0.3, 0.4) is 0 Å². The Bertz CT molecular complexity index is 659. The van der Waals surface area contributed by atoms with Gasteiger partial charge in [0.1, 0.15) is 0 Å². The summed E-state index contributed by atoms with van der Waals surface area (Å²) in [5, 5.41) is 10.7. The van der Waals surface area contributed by atoms with E-state index in [1.165, 1.54) is 12.8 Å². The molecule has 1 amide bonds. The standard InChI is InChI=1S/C18H25N5O.2ClH/c1-14(16-3-2-6-20-10-16)9-18(24)22-17-11-21-23(13-17)12-15-4-7-19-8-5-15;;/h4-5,7-8,11,13-14,16,20H,2-3,6,9-10,12H2,1H3,(H,22,24);2*1H. The van der Waals surface area contributed by atoms with Crippen molar-refractivity contribution in [1.29, 1.82) is 0 Å². The molecule has 0 saturated carbocycles. The van der Waals surface area contributed by atoms with E-state index in [0.717, 1.165) is 24.3 Å². The third kappa shape index (κ3) is 6.59. The molecule has 0 aromatic carbocycles. The first-order valence-corrected chi connectivity index (χ1v) is 8.62. The third-order valence-electron chi connectivity index (χ3n) is 4.66. The maximum Gasteiger partial charge on any atom is 0.224 e. The van der Waals surface area contributed by atoms with Gasteiger partial charge in [0.15, 0.2) is 0 Å². The van der Waals surface area contributed by atoms with Crippen LogP contribution in [0.2, 0.25) is 0 Å². The van der Waals surface area contributed by atoms with Gasteiger partial charge in [-0.2, -0.15) is 5.10 Å². The van der Waals surface area contributed by atoms with Crippen molar-refractivity contribution < 1.29 is 4.79 Å². The topological polar surface area (TPSA) is 71.8 Å². The molecule has 26 heavy (non-hydrogen) atoms. The fraction of sp³-hybridized carbons (Fsp3) is 0.500. The van der Waals surface area contributed by atoms with Gasteiger partial charge in [0, 0.05) is 25.0 Å². The Morgan fingerprint density at radius 3 is 2.85 bits per heavy atom. The van der Waals surface area contributed by atoms with E-state index < -0.39 is 0 Å². The quantitative estimate of drug-likeness (QED) is 0.782.